The Morgan fingerprint density at radius 3 is 1.64 bits per heavy atom. The van der Waals surface area contributed by atoms with Gasteiger partial charge in [-0.3, -0.25) is 0 Å². The van der Waals surface area contributed by atoms with E-state index in [9.17, 15) is 10.2 Å². The van der Waals surface area contributed by atoms with Crippen molar-refractivity contribution in [2.24, 2.45) is 0 Å². The van der Waals surface area contributed by atoms with Crippen LogP contribution in [0.25, 0.3) is 0 Å². The summed E-state index contributed by atoms with van der Waals surface area (Å²) >= 11 is 3.66. The highest BCUT2D eigenvalue weighted by Gasteiger charge is 2.20. The summed E-state index contributed by atoms with van der Waals surface area (Å²) in [5.41, 5.74) is 0. The molecule has 1 unspecified atom stereocenters. The van der Waals surface area contributed by atoms with Crippen molar-refractivity contribution < 1.29 is 10.2 Å². The Morgan fingerprint density at radius 2 is 1.18 bits per heavy atom. The molecule has 0 aliphatic rings. The number of aliphatic hydroxyl groups is 2. The molecule has 0 aromatic rings. The SMILES string of the molecule is CCCCCCCCCCCCCC(Br)CCC(O)(O)CC. The first-order chi connectivity index (χ1) is 10.5. The van der Waals surface area contributed by atoms with Crippen LogP contribution in [0.4, 0.5) is 0 Å². The van der Waals surface area contributed by atoms with E-state index in [2.05, 4.69) is 22.9 Å². The summed E-state index contributed by atoms with van der Waals surface area (Å²) < 4.78 is 0. The largest absolute Gasteiger partial charge is 0.366 e. The topological polar surface area (TPSA) is 40.5 Å². The maximum atomic E-state index is 9.57. The summed E-state index contributed by atoms with van der Waals surface area (Å²) in [7, 11) is 0. The van der Waals surface area contributed by atoms with Crippen LogP contribution in [0.5, 0.6) is 0 Å². The predicted octanol–water partition coefficient (Wildman–Crippen LogP) is 6.32. The molecule has 0 aromatic heterocycles. The van der Waals surface area contributed by atoms with E-state index >= 15 is 0 Å². The van der Waals surface area contributed by atoms with Crippen LogP contribution in [0.2, 0.25) is 0 Å². The van der Waals surface area contributed by atoms with Gasteiger partial charge < -0.3 is 10.2 Å². The molecule has 1 atom stereocenters. The molecule has 2 nitrogen and oxygen atoms in total. The molecule has 0 saturated carbocycles. The molecule has 0 aliphatic heterocycles. The van der Waals surface area contributed by atoms with E-state index < -0.39 is 5.79 Å². The van der Waals surface area contributed by atoms with Crippen LogP contribution >= 0.6 is 15.9 Å². The molecule has 2 N–H and O–H groups in total. The van der Waals surface area contributed by atoms with Gasteiger partial charge in [0, 0.05) is 11.2 Å². The highest BCUT2D eigenvalue weighted by Crippen LogP contribution is 2.22. The Bertz CT molecular complexity index is 231. The number of alkyl halides is 1. The molecule has 0 aliphatic carbocycles. The maximum Gasteiger partial charge on any atom is 0.162 e. The van der Waals surface area contributed by atoms with Crippen LogP contribution in [0, 0.1) is 0 Å². The quantitative estimate of drug-likeness (QED) is 0.187. The zero-order chi connectivity index (χ0) is 16.7. The maximum absolute atomic E-state index is 9.57. The van der Waals surface area contributed by atoms with Gasteiger partial charge in [0.25, 0.3) is 0 Å². The molecule has 0 spiro atoms. The van der Waals surface area contributed by atoms with E-state index in [0.717, 1.165) is 12.8 Å². The normalized spacial score (nSPS) is 13.5. The van der Waals surface area contributed by atoms with E-state index in [-0.39, 0.29) is 0 Å². The monoisotopic (exact) mass is 378 g/mol. The minimum atomic E-state index is -1.47. The van der Waals surface area contributed by atoms with Gasteiger partial charge in [-0.05, 0) is 19.3 Å². The van der Waals surface area contributed by atoms with Gasteiger partial charge in [0.2, 0.25) is 0 Å². The fourth-order valence-corrected chi connectivity index (χ4v) is 3.29. The molecule has 0 rings (SSSR count). The lowest BCUT2D eigenvalue weighted by Crippen LogP contribution is -2.27. The Hall–Kier alpha value is 0.400. The van der Waals surface area contributed by atoms with Crippen LogP contribution in [0.3, 0.4) is 0 Å². The Labute approximate surface area is 147 Å². The van der Waals surface area contributed by atoms with Crippen molar-refractivity contribution in [2.45, 2.75) is 121 Å². The zero-order valence-corrected chi connectivity index (χ0v) is 16.5. The van der Waals surface area contributed by atoms with Crippen molar-refractivity contribution in [2.75, 3.05) is 0 Å². The number of rotatable bonds is 16. The number of unbranched alkanes of at least 4 members (excludes halogenated alkanes) is 10. The van der Waals surface area contributed by atoms with Gasteiger partial charge in [-0.15, -0.1) is 0 Å². The first-order valence-electron chi connectivity index (χ1n) is 9.60. The summed E-state index contributed by atoms with van der Waals surface area (Å²) in [6.07, 6.45) is 18.0. The highest BCUT2D eigenvalue weighted by molar-refractivity contribution is 9.09. The molecular weight excluding hydrogens is 340 g/mol. The summed E-state index contributed by atoms with van der Waals surface area (Å²) in [4.78, 5) is 0.427. The van der Waals surface area contributed by atoms with Crippen LogP contribution < -0.4 is 0 Å². The fourth-order valence-electron chi connectivity index (χ4n) is 2.74. The number of halogens is 1. The first kappa shape index (κ1) is 22.4. The third kappa shape index (κ3) is 15.3. The molecule has 0 amide bonds. The van der Waals surface area contributed by atoms with Crippen LogP contribution in [-0.2, 0) is 0 Å². The summed E-state index contributed by atoms with van der Waals surface area (Å²) in [5, 5.41) is 19.1. The molecule has 0 heterocycles. The number of hydrogen-bond acceptors (Lipinski definition) is 2. The van der Waals surface area contributed by atoms with Gasteiger partial charge >= 0.3 is 0 Å². The summed E-state index contributed by atoms with van der Waals surface area (Å²) in [5.74, 6) is -1.47. The summed E-state index contributed by atoms with van der Waals surface area (Å²) in [6, 6.07) is 0. The minimum absolute atomic E-state index is 0.408. The van der Waals surface area contributed by atoms with Crippen LogP contribution in [-0.4, -0.2) is 20.8 Å². The molecule has 134 valence electrons. The average molecular weight is 379 g/mol. The van der Waals surface area contributed by atoms with Crippen molar-refractivity contribution in [3.05, 3.63) is 0 Å². The Morgan fingerprint density at radius 1 is 0.727 bits per heavy atom. The van der Waals surface area contributed by atoms with Crippen molar-refractivity contribution in [3.8, 4) is 0 Å². The lowest BCUT2D eigenvalue weighted by Gasteiger charge is -2.21. The molecule has 0 saturated heterocycles. The van der Waals surface area contributed by atoms with Crippen molar-refractivity contribution >= 4 is 15.9 Å². The predicted molar refractivity (Wildman–Crippen MR) is 100 cm³/mol. The molecule has 22 heavy (non-hydrogen) atoms. The van der Waals surface area contributed by atoms with E-state index in [0.29, 0.717) is 17.7 Å². The standard InChI is InChI=1S/C19H39BrO2/c1-3-5-6-7-8-9-10-11-12-13-14-15-18(20)16-17-19(21,22)4-2/h18,21-22H,3-17H2,1-2H3. The van der Waals surface area contributed by atoms with Crippen molar-refractivity contribution in [3.63, 3.8) is 0 Å². The third-order valence-electron chi connectivity index (χ3n) is 4.55. The molecule has 0 radical (unpaired) electrons. The lowest BCUT2D eigenvalue weighted by molar-refractivity contribution is -0.167. The highest BCUT2D eigenvalue weighted by atomic mass is 79.9. The Balaban J connectivity index is 3.25. The van der Waals surface area contributed by atoms with E-state index in [1.165, 1.54) is 70.6 Å². The fraction of sp³-hybridized carbons (Fsp3) is 1.00. The Kier molecular flexibility index (Phi) is 15.2. The third-order valence-corrected chi connectivity index (χ3v) is 5.46. The van der Waals surface area contributed by atoms with Gasteiger partial charge in [-0.2, -0.15) is 0 Å². The molecule has 0 aromatic carbocycles. The van der Waals surface area contributed by atoms with Crippen LogP contribution in [0.15, 0.2) is 0 Å². The average Bonchev–Trinajstić information content (AvgIpc) is 2.50. The second kappa shape index (κ2) is 15.0. The van der Waals surface area contributed by atoms with E-state index in [1.54, 1.807) is 0 Å². The zero-order valence-electron chi connectivity index (χ0n) is 15.0. The van der Waals surface area contributed by atoms with Crippen molar-refractivity contribution in [1.29, 1.82) is 0 Å². The van der Waals surface area contributed by atoms with E-state index in [4.69, 9.17) is 0 Å². The lowest BCUT2D eigenvalue weighted by atomic mass is 10.0. The van der Waals surface area contributed by atoms with Gasteiger partial charge in [-0.1, -0.05) is 100 Å². The molecule has 0 fully saturated rings. The minimum Gasteiger partial charge on any atom is -0.366 e. The number of hydrogen-bond donors (Lipinski definition) is 2. The first-order valence-corrected chi connectivity index (χ1v) is 10.5. The van der Waals surface area contributed by atoms with Gasteiger partial charge in [0.05, 0.1) is 0 Å². The molecule has 3 heteroatoms. The second-order valence-electron chi connectivity index (χ2n) is 6.80. The molecule has 0 bridgehead atoms. The van der Waals surface area contributed by atoms with Gasteiger partial charge in [-0.25, -0.2) is 0 Å². The second-order valence-corrected chi connectivity index (χ2v) is 8.09. The molecular formula is C19H39BrO2. The van der Waals surface area contributed by atoms with E-state index in [1.807, 2.05) is 6.92 Å². The van der Waals surface area contributed by atoms with Gasteiger partial charge in [0.15, 0.2) is 5.79 Å². The smallest absolute Gasteiger partial charge is 0.162 e. The van der Waals surface area contributed by atoms with Crippen molar-refractivity contribution in [1.82, 2.24) is 0 Å². The van der Waals surface area contributed by atoms with Crippen LogP contribution in [0.1, 0.15) is 110 Å². The van der Waals surface area contributed by atoms with Gasteiger partial charge in [0.1, 0.15) is 0 Å². The summed E-state index contributed by atoms with van der Waals surface area (Å²) in [6.45, 7) is 4.08.